The molecule has 126 valence electrons. The zero-order valence-electron chi connectivity index (χ0n) is 13.4. The summed E-state index contributed by atoms with van der Waals surface area (Å²) in [6.07, 6.45) is 2.79. The van der Waals surface area contributed by atoms with Gasteiger partial charge in [0, 0.05) is 41.5 Å². The first kappa shape index (κ1) is 16.1. The molecule has 2 heterocycles. The van der Waals surface area contributed by atoms with Crippen molar-refractivity contribution in [1.29, 1.82) is 0 Å². The molecule has 0 bridgehead atoms. The van der Waals surface area contributed by atoms with Gasteiger partial charge in [-0.25, -0.2) is 0 Å². The van der Waals surface area contributed by atoms with Crippen LogP contribution in [0.15, 0.2) is 18.2 Å². The third-order valence-electron chi connectivity index (χ3n) is 5.12. The second kappa shape index (κ2) is 7.26. The van der Waals surface area contributed by atoms with Crippen molar-refractivity contribution in [2.24, 2.45) is 5.92 Å². The summed E-state index contributed by atoms with van der Waals surface area (Å²) >= 11 is 4.13. The molecular formula is C18H25NO2S2. The van der Waals surface area contributed by atoms with Gasteiger partial charge in [0.2, 0.25) is 0 Å². The quantitative estimate of drug-likeness (QED) is 0.873. The van der Waals surface area contributed by atoms with Crippen molar-refractivity contribution < 1.29 is 9.84 Å². The molecule has 23 heavy (non-hydrogen) atoms. The van der Waals surface area contributed by atoms with Gasteiger partial charge in [-0.1, -0.05) is 12.1 Å². The number of hydrogen-bond donors (Lipinski definition) is 2. The highest BCUT2D eigenvalue weighted by molar-refractivity contribution is 8.03. The van der Waals surface area contributed by atoms with E-state index in [1.165, 1.54) is 34.1 Å². The monoisotopic (exact) mass is 351 g/mol. The average Bonchev–Trinajstić information content (AvgIpc) is 2.85. The molecular weight excluding hydrogens is 326 g/mol. The summed E-state index contributed by atoms with van der Waals surface area (Å²) in [5.41, 5.74) is 2.73. The molecule has 0 unspecified atom stereocenters. The fourth-order valence-corrected chi connectivity index (χ4v) is 6.20. The summed E-state index contributed by atoms with van der Waals surface area (Å²) in [6, 6.07) is 7.64. The number of thioether (sulfide) groups is 2. The van der Waals surface area contributed by atoms with Crippen LogP contribution in [0.3, 0.4) is 0 Å². The fourth-order valence-electron chi connectivity index (χ4n) is 3.77. The van der Waals surface area contributed by atoms with Gasteiger partial charge in [-0.05, 0) is 36.0 Å². The number of ether oxygens (including phenoxy) is 1. The van der Waals surface area contributed by atoms with Crippen molar-refractivity contribution in [3.05, 3.63) is 29.3 Å². The maximum absolute atomic E-state index is 9.76. The molecule has 2 fully saturated rings. The highest BCUT2D eigenvalue weighted by atomic mass is 32.2. The zero-order chi connectivity index (χ0) is 15.6. The van der Waals surface area contributed by atoms with Gasteiger partial charge < -0.3 is 15.2 Å². The molecule has 0 radical (unpaired) electrons. The van der Waals surface area contributed by atoms with E-state index in [-0.39, 0.29) is 6.10 Å². The van der Waals surface area contributed by atoms with Crippen LogP contribution in [0.1, 0.15) is 30.0 Å². The molecule has 3 nitrogen and oxygen atoms in total. The van der Waals surface area contributed by atoms with Crippen LogP contribution in [0.2, 0.25) is 0 Å². The van der Waals surface area contributed by atoms with Crippen molar-refractivity contribution in [2.45, 2.75) is 37.5 Å². The summed E-state index contributed by atoms with van der Waals surface area (Å²) in [6.45, 7) is 0.814. The summed E-state index contributed by atoms with van der Waals surface area (Å²) in [4.78, 5) is 0. The number of nitrogens with one attached hydrogen (secondary N) is 1. The molecule has 0 spiro atoms. The number of rotatable bonds is 4. The zero-order valence-corrected chi connectivity index (χ0v) is 15.0. The standard InChI is InChI=1S/C18H25NO2S2/c20-16-8-14(9-16)18(19-15-10-22-5-6-23-11-15)13-1-2-17-12(7-13)3-4-21-17/h1-2,7,14-16,18-20H,3-6,8-11H2/t14?,16?,18-/m1/s1. The maximum atomic E-state index is 9.76. The molecule has 0 amide bonds. The van der Waals surface area contributed by atoms with E-state index in [0.29, 0.717) is 18.0 Å². The first-order valence-electron chi connectivity index (χ1n) is 8.65. The van der Waals surface area contributed by atoms with E-state index in [4.69, 9.17) is 4.74 Å². The van der Waals surface area contributed by atoms with Crippen molar-refractivity contribution in [2.75, 3.05) is 29.6 Å². The van der Waals surface area contributed by atoms with Gasteiger partial charge in [-0.15, -0.1) is 0 Å². The minimum absolute atomic E-state index is 0.0973. The van der Waals surface area contributed by atoms with Gasteiger partial charge >= 0.3 is 0 Å². The van der Waals surface area contributed by atoms with E-state index >= 15 is 0 Å². The lowest BCUT2D eigenvalue weighted by molar-refractivity contribution is 0.0228. The summed E-state index contributed by atoms with van der Waals surface area (Å²) in [5, 5.41) is 13.7. The van der Waals surface area contributed by atoms with E-state index in [0.717, 1.165) is 31.6 Å². The largest absolute Gasteiger partial charge is 0.493 e. The Morgan fingerprint density at radius 2 is 1.96 bits per heavy atom. The van der Waals surface area contributed by atoms with Gasteiger partial charge in [0.1, 0.15) is 5.75 Å². The van der Waals surface area contributed by atoms with Crippen molar-refractivity contribution >= 4 is 23.5 Å². The topological polar surface area (TPSA) is 41.5 Å². The Balaban J connectivity index is 1.52. The van der Waals surface area contributed by atoms with Crippen LogP contribution in [0.4, 0.5) is 0 Å². The first-order valence-corrected chi connectivity index (χ1v) is 11.0. The normalized spacial score (nSPS) is 29.3. The predicted molar refractivity (Wildman–Crippen MR) is 98.7 cm³/mol. The molecule has 1 aromatic carbocycles. The number of aliphatic hydroxyl groups is 1. The Morgan fingerprint density at radius 1 is 1.17 bits per heavy atom. The SMILES string of the molecule is OC1CC([C@H](NC2CSCCSC2)c2ccc3c(c2)CCO3)C1. The second-order valence-corrected chi connectivity index (χ2v) is 9.14. The summed E-state index contributed by atoms with van der Waals surface area (Å²) < 4.78 is 5.65. The maximum Gasteiger partial charge on any atom is 0.122 e. The number of fused-ring (bicyclic) bond motifs is 1. The number of benzene rings is 1. The molecule has 4 rings (SSSR count). The van der Waals surface area contributed by atoms with E-state index in [9.17, 15) is 5.11 Å². The molecule has 5 heteroatoms. The molecule has 3 aliphatic rings. The minimum atomic E-state index is -0.0973. The lowest BCUT2D eigenvalue weighted by Gasteiger charge is -2.40. The van der Waals surface area contributed by atoms with Crippen LogP contribution >= 0.6 is 23.5 Å². The number of aliphatic hydroxyl groups excluding tert-OH is 1. The van der Waals surface area contributed by atoms with E-state index < -0.39 is 0 Å². The molecule has 1 saturated heterocycles. The second-order valence-electron chi connectivity index (χ2n) is 6.84. The number of hydrogen-bond acceptors (Lipinski definition) is 5. The van der Waals surface area contributed by atoms with E-state index in [1.807, 2.05) is 0 Å². The highest BCUT2D eigenvalue weighted by Crippen LogP contribution is 2.40. The smallest absolute Gasteiger partial charge is 0.122 e. The predicted octanol–water partition coefficient (Wildman–Crippen LogP) is 2.87. The van der Waals surface area contributed by atoms with Gasteiger partial charge in [0.15, 0.2) is 0 Å². The fraction of sp³-hybridized carbons (Fsp3) is 0.667. The average molecular weight is 352 g/mol. The van der Waals surface area contributed by atoms with Gasteiger partial charge in [0.25, 0.3) is 0 Å². The molecule has 0 aromatic heterocycles. The van der Waals surface area contributed by atoms with Crippen LogP contribution in [0.5, 0.6) is 5.75 Å². The Morgan fingerprint density at radius 3 is 2.70 bits per heavy atom. The molecule has 1 aliphatic carbocycles. The summed E-state index contributed by atoms with van der Waals surface area (Å²) in [5.74, 6) is 6.56. The van der Waals surface area contributed by atoms with E-state index in [2.05, 4.69) is 47.0 Å². The van der Waals surface area contributed by atoms with Crippen LogP contribution < -0.4 is 10.1 Å². The van der Waals surface area contributed by atoms with Crippen molar-refractivity contribution in [3.63, 3.8) is 0 Å². The highest BCUT2D eigenvalue weighted by Gasteiger charge is 2.36. The molecule has 1 aromatic rings. The lowest BCUT2D eigenvalue weighted by atomic mass is 9.74. The van der Waals surface area contributed by atoms with Gasteiger partial charge in [-0.3, -0.25) is 0 Å². The Labute approximate surface area is 146 Å². The van der Waals surface area contributed by atoms with Gasteiger partial charge in [-0.2, -0.15) is 23.5 Å². The van der Waals surface area contributed by atoms with Crippen LogP contribution in [0.25, 0.3) is 0 Å². The molecule has 2 aliphatic heterocycles. The molecule has 2 N–H and O–H groups in total. The minimum Gasteiger partial charge on any atom is -0.493 e. The Hall–Kier alpha value is -0.360. The lowest BCUT2D eigenvalue weighted by Crippen LogP contribution is -2.44. The van der Waals surface area contributed by atoms with Crippen LogP contribution in [0, 0.1) is 5.92 Å². The molecule has 1 atom stereocenters. The third-order valence-corrected chi connectivity index (χ3v) is 7.64. The third kappa shape index (κ3) is 3.68. The Bertz CT molecular complexity index is 540. The first-order chi connectivity index (χ1) is 11.3. The van der Waals surface area contributed by atoms with Crippen molar-refractivity contribution in [1.82, 2.24) is 5.32 Å². The van der Waals surface area contributed by atoms with Crippen LogP contribution in [-0.4, -0.2) is 46.9 Å². The van der Waals surface area contributed by atoms with Crippen LogP contribution in [-0.2, 0) is 6.42 Å². The Kier molecular flexibility index (Phi) is 5.09. The van der Waals surface area contributed by atoms with E-state index in [1.54, 1.807) is 0 Å². The summed E-state index contributed by atoms with van der Waals surface area (Å²) in [7, 11) is 0. The van der Waals surface area contributed by atoms with Gasteiger partial charge in [0.05, 0.1) is 12.7 Å². The van der Waals surface area contributed by atoms with Crippen molar-refractivity contribution in [3.8, 4) is 5.75 Å². The molecule has 1 saturated carbocycles.